The van der Waals surface area contributed by atoms with Crippen LogP contribution in [0, 0.1) is 0 Å². The van der Waals surface area contributed by atoms with Crippen LogP contribution in [-0.4, -0.2) is 4.59 Å². The van der Waals surface area contributed by atoms with Crippen molar-refractivity contribution in [1.29, 1.82) is 0 Å². The number of rotatable bonds is 2. The van der Waals surface area contributed by atoms with Crippen molar-refractivity contribution in [2.24, 2.45) is 0 Å². The molecule has 0 N–H and O–H groups in total. The summed E-state index contributed by atoms with van der Waals surface area (Å²) in [6, 6.07) is 9.04. The Morgan fingerprint density at radius 1 is 1.18 bits per heavy atom. The molecule has 0 unspecified atom stereocenters. The van der Waals surface area contributed by atoms with E-state index < -0.39 is 4.59 Å². The number of alkyl halides is 3. The standard InChI is InChI=1S/C8H7Cl2F/c9-8(10,11)6-7-4-2-1-3-5-7/h1-5H,6H2. The van der Waals surface area contributed by atoms with Crippen LogP contribution in [0.15, 0.2) is 30.3 Å². The minimum absolute atomic E-state index is 0.0248. The summed E-state index contributed by atoms with van der Waals surface area (Å²) in [5.41, 5.74) is 0.792. The fraction of sp³-hybridized carbons (Fsp3) is 0.250. The number of halogens is 3. The summed E-state index contributed by atoms with van der Waals surface area (Å²) in [6.45, 7) is 0. The number of benzene rings is 1. The number of hydrogen-bond donors (Lipinski definition) is 0. The molecule has 0 bridgehead atoms. The van der Waals surface area contributed by atoms with Gasteiger partial charge in [-0.25, -0.2) is 4.39 Å². The van der Waals surface area contributed by atoms with Gasteiger partial charge in [-0.05, 0) is 5.56 Å². The lowest BCUT2D eigenvalue weighted by atomic mass is 10.2. The molecule has 0 heterocycles. The van der Waals surface area contributed by atoms with Gasteiger partial charge in [0, 0.05) is 6.42 Å². The first-order valence-electron chi connectivity index (χ1n) is 3.18. The first-order chi connectivity index (χ1) is 5.08. The van der Waals surface area contributed by atoms with Crippen molar-refractivity contribution in [3.05, 3.63) is 35.9 Å². The third-order valence-corrected chi connectivity index (χ3v) is 1.51. The maximum Gasteiger partial charge on any atom is 0.261 e. The zero-order valence-corrected chi connectivity index (χ0v) is 7.24. The van der Waals surface area contributed by atoms with Crippen molar-refractivity contribution < 1.29 is 4.39 Å². The number of hydrogen-bond acceptors (Lipinski definition) is 0. The third-order valence-electron chi connectivity index (χ3n) is 1.25. The lowest BCUT2D eigenvalue weighted by Crippen LogP contribution is -2.07. The maximum atomic E-state index is 12.6. The Labute approximate surface area is 74.9 Å². The van der Waals surface area contributed by atoms with Gasteiger partial charge in [0.05, 0.1) is 0 Å². The zero-order valence-electron chi connectivity index (χ0n) is 5.73. The molecule has 0 atom stereocenters. The van der Waals surface area contributed by atoms with Crippen LogP contribution in [0.2, 0.25) is 0 Å². The van der Waals surface area contributed by atoms with E-state index >= 15 is 0 Å². The second kappa shape index (κ2) is 3.42. The molecule has 0 aliphatic carbocycles. The average Bonchev–Trinajstić information content (AvgIpc) is 1.85. The monoisotopic (exact) mass is 192 g/mol. The molecule has 1 aromatic carbocycles. The smallest absolute Gasteiger partial charge is 0.208 e. The Hall–Kier alpha value is -0.270. The highest BCUT2D eigenvalue weighted by molar-refractivity contribution is 6.47. The van der Waals surface area contributed by atoms with Gasteiger partial charge in [-0.3, -0.25) is 0 Å². The van der Waals surface area contributed by atoms with Crippen LogP contribution >= 0.6 is 23.2 Å². The Morgan fingerprint density at radius 2 is 1.73 bits per heavy atom. The molecule has 0 aliphatic heterocycles. The molecule has 0 saturated carbocycles. The molecule has 0 fully saturated rings. The first-order valence-corrected chi connectivity index (χ1v) is 3.94. The summed E-state index contributed by atoms with van der Waals surface area (Å²) in [5, 5.41) is 0. The van der Waals surface area contributed by atoms with Crippen LogP contribution in [0.1, 0.15) is 5.56 Å². The molecule has 1 rings (SSSR count). The van der Waals surface area contributed by atoms with Gasteiger partial charge < -0.3 is 0 Å². The van der Waals surface area contributed by atoms with Gasteiger partial charge in [0.2, 0.25) is 0 Å². The molecule has 0 saturated heterocycles. The maximum absolute atomic E-state index is 12.6. The molecule has 0 spiro atoms. The molecule has 1 aromatic rings. The van der Waals surface area contributed by atoms with E-state index in [1.807, 2.05) is 18.2 Å². The summed E-state index contributed by atoms with van der Waals surface area (Å²) < 4.78 is 10.5. The normalized spacial score (nSPS) is 11.5. The lowest BCUT2D eigenvalue weighted by Gasteiger charge is -2.07. The van der Waals surface area contributed by atoms with Gasteiger partial charge in [0.25, 0.3) is 4.59 Å². The van der Waals surface area contributed by atoms with Crippen LogP contribution in [0.4, 0.5) is 4.39 Å². The quantitative estimate of drug-likeness (QED) is 0.632. The van der Waals surface area contributed by atoms with Gasteiger partial charge in [-0.2, -0.15) is 0 Å². The van der Waals surface area contributed by atoms with Crippen molar-refractivity contribution >= 4 is 23.2 Å². The topological polar surface area (TPSA) is 0 Å². The highest BCUT2D eigenvalue weighted by atomic mass is 35.5. The van der Waals surface area contributed by atoms with E-state index in [1.54, 1.807) is 12.1 Å². The Bertz CT molecular complexity index is 215. The second-order valence-corrected chi connectivity index (χ2v) is 3.67. The van der Waals surface area contributed by atoms with Crippen LogP contribution in [0.25, 0.3) is 0 Å². The molecule has 0 aromatic heterocycles. The minimum atomic E-state index is -2.15. The van der Waals surface area contributed by atoms with E-state index in [1.165, 1.54) is 0 Å². The van der Waals surface area contributed by atoms with Crippen molar-refractivity contribution in [3.8, 4) is 0 Å². The fourth-order valence-electron chi connectivity index (χ4n) is 0.827. The second-order valence-electron chi connectivity index (χ2n) is 2.28. The Balaban J connectivity index is 2.66. The molecular formula is C8H7Cl2F. The summed E-state index contributed by atoms with van der Waals surface area (Å²) >= 11 is 10.3. The summed E-state index contributed by atoms with van der Waals surface area (Å²) in [4.78, 5) is 0. The molecule has 0 radical (unpaired) electrons. The highest BCUT2D eigenvalue weighted by Crippen LogP contribution is 2.26. The molecule has 3 heteroatoms. The van der Waals surface area contributed by atoms with E-state index in [2.05, 4.69) is 0 Å². The fourth-order valence-corrected chi connectivity index (χ4v) is 1.14. The van der Waals surface area contributed by atoms with Gasteiger partial charge in [-0.15, -0.1) is 0 Å². The van der Waals surface area contributed by atoms with E-state index in [0.29, 0.717) is 0 Å². The molecule has 0 amide bonds. The van der Waals surface area contributed by atoms with Crippen molar-refractivity contribution in [2.45, 2.75) is 11.0 Å². The van der Waals surface area contributed by atoms with E-state index in [0.717, 1.165) is 5.56 Å². The molecular weight excluding hydrogens is 186 g/mol. The average molecular weight is 193 g/mol. The largest absolute Gasteiger partial charge is 0.261 e. The van der Waals surface area contributed by atoms with Crippen molar-refractivity contribution in [2.75, 3.05) is 0 Å². The summed E-state index contributed by atoms with van der Waals surface area (Å²) in [7, 11) is 0. The van der Waals surface area contributed by atoms with E-state index in [4.69, 9.17) is 23.2 Å². The van der Waals surface area contributed by atoms with Crippen molar-refractivity contribution in [3.63, 3.8) is 0 Å². The summed E-state index contributed by atoms with van der Waals surface area (Å²) in [6.07, 6.45) is 0.0248. The zero-order chi connectivity index (χ0) is 8.32. The first kappa shape index (κ1) is 8.82. The highest BCUT2D eigenvalue weighted by Gasteiger charge is 2.21. The van der Waals surface area contributed by atoms with Crippen molar-refractivity contribution in [1.82, 2.24) is 0 Å². The third kappa shape index (κ3) is 3.59. The minimum Gasteiger partial charge on any atom is -0.208 e. The van der Waals surface area contributed by atoms with Crippen LogP contribution in [0.3, 0.4) is 0 Å². The lowest BCUT2D eigenvalue weighted by molar-refractivity contribution is 0.391. The van der Waals surface area contributed by atoms with Gasteiger partial charge in [0.1, 0.15) is 0 Å². The van der Waals surface area contributed by atoms with E-state index in [-0.39, 0.29) is 6.42 Å². The van der Waals surface area contributed by atoms with E-state index in [9.17, 15) is 4.39 Å². The molecule has 0 aliphatic rings. The van der Waals surface area contributed by atoms with Crippen LogP contribution < -0.4 is 0 Å². The van der Waals surface area contributed by atoms with Crippen LogP contribution in [-0.2, 0) is 6.42 Å². The summed E-state index contributed by atoms with van der Waals surface area (Å²) in [5.74, 6) is 0. The predicted molar refractivity (Wildman–Crippen MR) is 45.7 cm³/mol. The van der Waals surface area contributed by atoms with Gasteiger partial charge >= 0.3 is 0 Å². The Morgan fingerprint density at radius 3 is 2.18 bits per heavy atom. The molecule has 0 nitrogen and oxygen atoms in total. The Kier molecular flexibility index (Phi) is 2.74. The van der Waals surface area contributed by atoms with Gasteiger partial charge in [-0.1, -0.05) is 53.5 Å². The molecule has 60 valence electrons. The van der Waals surface area contributed by atoms with Crippen LogP contribution in [0.5, 0.6) is 0 Å². The SMILES string of the molecule is FC(Cl)(Cl)Cc1ccccc1. The molecule has 11 heavy (non-hydrogen) atoms. The predicted octanol–water partition coefficient (Wildman–Crippen LogP) is 3.33. The van der Waals surface area contributed by atoms with Gasteiger partial charge in [0.15, 0.2) is 0 Å².